The maximum Gasteiger partial charge on any atom is 0.338 e. The quantitative estimate of drug-likeness (QED) is 0.466. The number of hydrogen-bond acceptors (Lipinski definition) is 6. The minimum absolute atomic E-state index is 0.0776. The van der Waals surface area contributed by atoms with Crippen molar-refractivity contribution >= 4 is 29.5 Å². The second-order valence-electron chi connectivity index (χ2n) is 8.30. The van der Waals surface area contributed by atoms with Gasteiger partial charge < -0.3 is 9.47 Å². The average Bonchev–Trinajstić information content (AvgIpc) is 3.14. The van der Waals surface area contributed by atoms with Crippen LogP contribution in [-0.2, 0) is 9.53 Å². The minimum Gasteiger partial charge on any atom is -0.491 e. The highest BCUT2D eigenvalue weighted by Gasteiger charge is 2.35. The van der Waals surface area contributed by atoms with Gasteiger partial charge >= 0.3 is 5.97 Å². The summed E-state index contributed by atoms with van der Waals surface area (Å²) in [6, 6.07) is 16.6. The zero-order valence-corrected chi connectivity index (χ0v) is 21.0. The first kappa shape index (κ1) is 24.4. The fraction of sp³-hybridized carbons (Fsp3) is 0.250. The maximum absolute atomic E-state index is 13.6. The van der Waals surface area contributed by atoms with Gasteiger partial charge in [-0.25, -0.2) is 9.79 Å². The Hall–Kier alpha value is -3.71. The second-order valence-corrected chi connectivity index (χ2v) is 9.31. The molecule has 0 N–H and O–H groups in total. The third-order valence-electron chi connectivity index (χ3n) is 5.43. The number of esters is 1. The molecule has 3 aromatic rings. The molecule has 0 spiro atoms. The molecule has 6 nitrogen and oxygen atoms in total. The first-order valence-electron chi connectivity index (χ1n) is 11.6. The van der Waals surface area contributed by atoms with Gasteiger partial charge in [-0.05, 0) is 45.4 Å². The summed E-state index contributed by atoms with van der Waals surface area (Å²) in [6.07, 6.45) is 5.50. The Labute approximate surface area is 208 Å². The number of aromatic nitrogens is 1. The number of carbonyl (C=O) groups excluding carboxylic acids is 1. The molecule has 0 unspecified atom stereocenters. The molecule has 0 fully saturated rings. The first-order chi connectivity index (χ1) is 16.9. The number of fused-ring (bicyclic) bond motifs is 1. The number of carbonyl (C=O) groups is 1. The first-order valence-corrected chi connectivity index (χ1v) is 12.4. The van der Waals surface area contributed by atoms with Crippen LogP contribution in [-0.4, -0.2) is 23.2 Å². The molecule has 1 atom stereocenters. The third-order valence-corrected chi connectivity index (χ3v) is 6.43. The highest BCUT2D eigenvalue weighted by atomic mass is 32.1. The van der Waals surface area contributed by atoms with Gasteiger partial charge in [-0.15, -0.1) is 0 Å². The molecule has 0 saturated carbocycles. The molecule has 35 heavy (non-hydrogen) atoms. The Kier molecular flexibility index (Phi) is 7.46. The van der Waals surface area contributed by atoms with Gasteiger partial charge in [0.2, 0.25) is 0 Å². The van der Waals surface area contributed by atoms with Crippen LogP contribution in [0.25, 0.3) is 12.2 Å². The lowest BCUT2D eigenvalue weighted by atomic mass is 9.95. The summed E-state index contributed by atoms with van der Waals surface area (Å²) in [6.45, 7) is 7.63. The average molecular weight is 489 g/mol. The van der Waals surface area contributed by atoms with Crippen molar-refractivity contribution < 1.29 is 14.3 Å². The van der Waals surface area contributed by atoms with E-state index in [1.165, 1.54) is 11.3 Å². The van der Waals surface area contributed by atoms with E-state index in [1.54, 1.807) is 24.5 Å². The van der Waals surface area contributed by atoms with E-state index in [-0.39, 0.29) is 18.3 Å². The Morgan fingerprint density at radius 3 is 2.57 bits per heavy atom. The summed E-state index contributed by atoms with van der Waals surface area (Å²) in [4.78, 5) is 31.9. The molecule has 180 valence electrons. The highest BCUT2D eigenvalue weighted by molar-refractivity contribution is 7.07. The maximum atomic E-state index is 13.6. The van der Waals surface area contributed by atoms with Crippen molar-refractivity contribution in [2.75, 3.05) is 6.61 Å². The van der Waals surface area contributed by atoms with E-state index in [0.29, 0.717) is 31.9 Å². The van der Waals surface area contributed by atoms with Crippen molar-refractivity contribution in [3.05, 3.63) is 103 Å². The summed E-state index contributed by atoms with van der Waals surface area (Å²) >= 11 is 1.30. The summed E-state index contributed by atoms with van der Waals surface area (Å²) in [7, 11) is 0. The molecule has 7 heteroatoms. The van der Waals surface area contributed by atoms with Crippen LogP contribution in [0.2, 0.25) is 0 Å². The molecular formula is C28H28N2O4S. The van der Waals surface area contributed by atoms with Crippen LogP contribution in [0.3, 0.4) is 0 Å². The van der Waals surface area contributed by atoms with Gasteiger partial charge in [0, 0.05) is 5.56 Å². The standard InChI is InChI=1S/C28H28N2O4S/c1-5-33-27(32)24-19(4)29-28-30(25(24)21-15-9-10-16-22(21)34-18(2)3)26(31)23(35-28)17-11-14-20-12-7-6-8-13-20/h6-18,25H,5H2,1-4H3/b14-11+,23-17+/t25-/m0/s1. The van der Waals surface area contributed by atoms with Crippen molar-refractivity contribution in [2.45, 2.75) is 39.8 Å². The SMILES string of the molecule is CCOC(=O)C1=C(C)N=c2s/c(=C/C=C/c3ccccc3)c(=O)n2[C@H]1c1ccccc1OC(C)C. The van der Waals surface area contributed by atoms with Gasteiger partial charge in [0.1, 0.15) is 11.8 Å². The largest absolute Gasteiger partial charge is 0.491 e. The number of thiazole rings is 1. The van der Waals surface area contributed by atoms with Crippen LogP contribution in [0.4, 0.5) is 0 Å². The van der Waals surface area contributed by atoms with E-state index in [2.05, 4.69) is 4.99 Å². The number of ether oxygens (including phenoxy) is 2. The smallest absolute Gasteiger partial charge is 0.338 e. The topological polar surface area (TPSA) is 69.9 Å². The van der Waals surface area contributed by atoms with Crippen LogP contribution in [0.15, 0.2) is 81.7 Å². The van der Waals surface area contributed by atoms with Crippen molar-refractivity contribution in [3.8, 4) is 5.75 Å². The summed E-state index contributed by atoms with van der Waals surface area (Å²) in [5.41, 5.74) is 2.40. The third kappa shape index (κ3) is 5.20. The van der Waals surface area contributed by atoms with Crippen molar-refractivity contribution in [1.29, 1.82) is 0 Å². The molecular weight excluding hydrogens is 460 g/mol. The van der Waals surface area contributed by atoms with E-state index in [0.717, 1.165) is 5.56 Å². The molecule has 2 aromatic carbocycles. The summed E-state index contributed by atoms with van der Waals surface area (Å²) in [5.74, 6) is 0.124. The van der Waals surface area contributed by atoms with Crippen LogP contribution < -0.4 is 19.6 Å². The predicted molar refractivity (Wildman–Crippen MR) is 139 cm³/mol. The van der Waals surface area contributed by atoms with E-state index in [4.69, 9.17) is 9.47 Å². The van der Waals surface area contributed by atoms with Gasteiger partial charge in [-0.2, -0.15) is 0 Å². The van der Waals surface area contributed by atoms with E-state index in [1.807, 2.05) is 80.6 Å². The lowest BCUT2D eigenvalue weighted by molar-refractivity contribution is -0.139. The lowest BCUT2D eigenvalue weighted by Crippen LogP contribution is -2.40. The zero-order chi connectivity index (χ0) is 24.9. The summed E-state index contributed by atoms with van der Waals surface area (Å²) in [5, 5.41) is 0. The van der Waals surface area contributed by atoms with Crippen molar-refractivity contribution in [3.63, 3.8) is 0 Å². The molecule has 0 bridgehead atoms. The molecule has 0 aliphatic carbocycles. The normalized spacial score (nSPS) is 15.9. The summed E-state index contributed by atoms with van der Waals surface area (Å²) < 4.78 is 13.5. The Morgan fingerprint density at radius 2 is 1.86 bits per heavy atom. The van der Waals surface area contributed by atoms with Crippen molar-refractivity contribution in [1.82, 2.24) is 4.57 Å². The second kappa shape index (κ2) is 10.7. The number of hydrogen-bond donors (Lipinski definition) is 0. The van der Waals surface area contributed by atoms with Crippen LogP contribution in [0.5, 0.6) is 5.75 Å². The van der Waals surface area contributed by atoms with Gasteiger partial charge in [0.25, 0.3) is 5.56 Å². The molecule has 2 heterocycles. The monoisotopic (exact) mass is 488 g/mol. The molecule has 0 radical (unpaired) electrons. The van der Waals surface area contributed by atoms with Crippen LogP contribution >= 0.6 is 11.3 Å². The van der Waals surface area contributed by atoms with E-state index in [9.17, 15) is 9.59 Å². The van der Waals surface area contributed by atoms with Gasteiger partial charge in [0.15, 0.2) is 4.80 Å². The number of benzene rings is 2. The molecule has 4 rings (SSSR count). The van der Waals surface area contributed by atoms with Gasteiger partial charge in [-0.3, -0.25) is 9.36 Å². The zero-order valence-electron chi connectivity index (χ0n) is 20.2. The van der Waals surface area contributed by atoms with Gasteiger partial charge in [0.05, 0.1) is 28.5 Å². The van der Waals surface area contributed by atoms with Crippen LogP contribution in [0.1, 0.15) is 44.9 Å². The predicted octanol–water partition coefficient (Wildman–Crippen LogP) is 4.25. The number of nitrogens with zero attached hydrogens (tertiary/aromatic N) is 2. The Bertz CT molecular complexity index is 1460. The van der Waals surface area contributed by atoms with Crippen LogP contribution in [0, 0.1) is 0 Å². The molecule has 1 aromatic heterocycles. The Balaban J connectivity index is 1.90. The fourth-order valence-electron chi connectivity index (χ4n) is 3.98. The minimum atomic E-state index is -0.708. The fourth-order valence-corrected chi connectivity index (χ4v) is 4.98. The van der Waals surface area contributed by atoms with E-state index < -0.39 is 12.0 Å². The number of allylic oxidation sites excluding steroid dienone is 2. The van der Waals surface area contributed by atoms with E-state index >= 15 is 0 Å². The molecule has 0 saturated heterocycles. The number of rotatable bonds is 7. The number of para-hydroxylation sites is 1. The van der Waals surface area contributed by atoms with Crippen molar-refractivity contribution in [2.24, 2.45) is 4.99 Å². The van der Waals surface area contributed by atoms with Gasteiger partial charge in [-0.1, -0.05) is 72.0 Å². The molecule has 0 amide bonds. The lowest BCUT2D eigenvalue weighted by Gasteiger charge is -2.26. The Morgan fingerprint density at radius 1 is 1.14 bits per heavy atom. The molecule has 1 aliphatic heterocycles. The molecule has 1 aliphatic rings. The highest BCUT2D eigenvalue weighted by Crippen LogP contribution is 2.36.